The molecule has 0 saturated heterocycles. The van der Waals surface area contributed by atoms with Crippen LogP contribution in [0.5, 0.6) is 5.75 Å². The highest BCUT2D eigenvalue weighted by Crippen LogP contribution is 2.17. The molecule has 0 radical (unpaired) electrons. The molecule has 4 amide bonds. The highest BCUT2D eigenvalue weighted by atomic mass is 16.5. The van der Waals surface area contributed by atoms with Gasteiger partial charge in [0.2, 0.25) is 23.6 Å². The van der Waals surface area contributed by atoms with Gasteiger partial charge in [-0.25, -0.2) is 0 Å². The Morgan fingerprint density at radius 1 is 1.05 bits per heavy atom. The summed E-state index contributed by atoms with van der Waals surface area (Å²) < 4.78 is 5.71. The molecule has 2 aromatic carbocycles. The number of nitrogens with zero attached hydrogens (tertiary/aromatic N) is 1. The van der Waals surface area contributed by atoms with Crippen LogP contribution in [0.25, 0.3) is 0 Å². The summed E-state index contributed by atoms with van der Waals surface area (Å²) in [6, 6.07) is 13.8. The van der Waals surface area contributed by atoms with Crippen molar-refractivity contribution in [2.75, 3.05) is 19.7 Å². The lowest BCUT2D eigenvalue weighted by Gasteiger charge is -2.33. The van der Waals surface area contributed by atoms with Gasteiger partial charge < -0.3 is 36.8 Å². The number of amides is 4. The van der Waals surface area contributed by atoms with E-state index in [4.69, 9.17) is 16.2 Å². The van der Waals surface area contributed by atoms with Crippen LogP contribution in [0, 0.1) is 5.92 Å². The number of benzene rings is 2. The maximum absolute atomic E-state index is 13.5. The van der Waals surface area contributed by atoms with Crippen molar-refractivity contribution in [3.05, 3.63) is 65.7 Å². The minimum Gasteiger partial charge on any atom is -0.494 e. The molecule has 2 aromatic rings. The molecule has 228 valence electrons. The summed E-state index contributed by atoms with van der Waals surface area (Å²) in [5.41, 5.74) is 13.4. The first kappa shape index (κ1) is 32.6. The number of hydrogen-bond donors (Lipinski definition) is 5. The van der Waals surface area contributed by atoms with Gasteiger partial charge in [0.1, 0.15) is 11.8 Å². The van der Waals surface area contributed by atoms with Crippen LogP contribution < -0.4 is 26.8 Å². The summed E-state index contributed by atoms with van der Waals surface area (Å²) in [6.45, 7) is 4.49. The second-order valence-electron chi connectivity index (χ2n) is 11.2. The predicted octanol–water partition coefficient (Wildman–Crippen LogP) is 0.662. The summed E-state index contributed by atoms with van der Waals surface area (Å²) in [5.74, 6) is -1.43. The number of carbonyl (C=O) groups is 4. The molecule has 2 aliphatic heterocycles. The molecule has 4 atom stereocenters. The first-order valence-electron chi connectivity index (χ1n) is 14.4. The molecule has 11 nitrogen and oxygen atoms in total. The number of rotatable bonds is 10. The van der Waals surface area contributed by atoms with Crippen molar-refractivity contribution in [1.29, 1.82) is 0 Å². The van der Waals surface area contributed by atoms with Crippen LogP contribution in [-0.4, -0.2) is 77.6 Å². The van der Waals surface area contributed by atoms with E-state index in [2.05, 4.69) is 10.6 Å². The number of aliphatic hydroxyl groups is 1. The maximum Gasteiger partial charge on any atom is 0.243 e. The second-order valence-corrected chi connectivity index (χ2v) is 11.2. The topological polar surface area (TPSA) is 177 Å². The molecular weight excluding hydrogens is 538 g/mol. The summed E-state index contributed by atoms with van der Waals surface area (Å²) in [4.78, 5) is 52.6. The van der Waals surface area contributed by atoms with Gasteiger partial charge >= 0.3 is 0 Å². The van der Waals surface area contributed by atoms with Crippen molar-refractivity contribution in [3.8, 4) is 5.75 Å². The number of nitrogens with one attached hydrogen (secondary N) is 2. The molecule has 4 rings (SSSR count). The van der Waals surface area contributed by atoms with Crippen molar-refractivity contribution in [2.24, 2.45) is 17.4 Å². The minimum absolute atomic E-state index is 0.0848. The Morgan fingerprint density at radius 3 is 2.38 bits per heavy atom. The zero-order valence-electron chi connectivity index (χ0n) is 24.3. The summed E-state index contributed by atoms with van der Waals surface area (Å²) in [7, 11) is 0. The van der Waals surface area contributed by atoms with Gasteiger partial charge in [-0.15, -0.1) is 0 Å². The number of nitrogens with two attached hydrogens (primary N) is 2. The van der Waals surface area contributed by atoms with Gasteiger partial charge in [0.25, 0.3) is 0 Å². The fourth-order valence-electron chi connectivity index (χ4n) is 4.88. The lowest BCUT2D eigenvalue weighted by Crippen LogP contribution is -2.57. The van der Waals surface area contributed by atoms with Gasteiger partial charge in [-0.3, -0.25) is 19.2 Å². The Balaban J connectivity index is 1.85. The van der Waals surface area contributed by atoms with Crippen molar-refractivity contribution in [2.45, 2.75) is 70.2 Å². The number of hydrogen-bond acceptors (Lipinski definition) is 7. The standard InChI is InChI=1S/C31H43N5O6/c1-20(2)18-36(31(41)24(32)15-21-7-4-3-5-8-21)19-27(37)25-16-22-10-12-23(13-11-22)42-14-6-9-29(39)34-26(17-28(33)38)30(40)35-25/h3-5,7-8,10-13,20,24-27,37H,6,9,14-19,32H2,1-2H3,(H2,33,38)(H,34,39)(H,35,40)/t24-,25-,26-,27?/m0/s1. The molecule has 2 heterocycles. The van der Waals surface area contributed by atoms with Crippen LogP contribution in [0.4, 0.5) is 0 Å². The summed E-state index contributed by atoms with van der Waals surface area (Å²) in [6.07, 6.45) is -0.555. The molecule has 11 heteroatoms. The zero-order valence-corrected chi connectivity index (χ0v) is 24.3. The monoisotopic (exact) mass is 581 g/mol. The average Bonchev–Trinajstić information content (AvgIpc) is 2.94. The number of ether oxygens (including phenoxy) is 1. The number of fused-ring (bicyclic) bond motifs is 12. The zero-order chi connectivity index (χ0) is 30.6. The fraction of sp³-hybridized carbons (Fsp3) is 0.484. The normalized spacial score (nSPS) is 19.5. The van der Waals surface area contributed by atoms with Crippen molar-refractivity contribution >= 4 is 23.6 Å². The molecule has 0 aromatic heterocycles. The molecule has 42 heavy (non-hydrogen) atoms. The maximum atomic E-state index is 13.5. The average molecular weight is 582 g/mol. The van der Waals surface area contributed by atoms with Crippen LogP contribution in [0.2, 0.25) is 0 Å². The Morgan fingerprint density at radius 2 is 1.74 bits per heavy atom. The van der Waals surface area contributed by atoms with Crippen molar-refractivity contribution in [3.63, 3.8) is 0 Å². The highest BCUT2D eigenvalue weighted by Gasteiger charge is 2.31. The number of primary amides is 1. The van der Waals surface area contributed by atoms with E-state index in [1.807, 2.05) is 56.3 Å². The van der Waals surface area contributed by atoms with Crippen molar-refractivity contribution in [1.82, 2.24) is 15.5 Å². The number of carbonyl (C=O) groups excluding carboxylic acids is 4. The Hall–Kier alpha value is -3.96. The molecule has 0 aliphatic carbocycles. The Labute approximate surface area is 247 Å². The van der Waals surface area contributed by atoms with E-state index in [1.165, 1.54) is 4.90 Å². The van der Waals surface area contributed by atoms with Crippen LogP contribution >= 0.6 is 0 Å². The third kappa shape index (κ3) is 10.5. The number of aliphatic hydroxyl groups excluding tert-OH is 1. The van der Waals surface area contributed by atoms with Crippen LogP contribution in [-0.2, 0) is 32.0 Å². The van der Waals surface area contributed by atoms with Gasteiger partial charge in [-0.1, -0.05) is 56.3 Å². The molecule has 7 N–H and O–H groups in total. The third-order valence-electron chi connectivity index (χ3n) is 6.97. The van der Waals surface area contributed by atoms with E-state index < -0.39 is 48.4 Å². The van der Waals surface area contributed by atoms with Crippen LogP contribution in [0.1, 0.15) is 44.2 Å². The van der Waals surface area contributed by atoms with E-state index >= 15 is 0 Å². The quantitative estimate of drug-likeness (QED) is 0.274. The third-order valence-corrected chi connectivity index (χ3v) is 6.97. The predicted molar refractivity (Wildman–Crippen MR) is 158 cm³/mol. The van der Waals surface area contributed by atoms with Crippen LogP contribution in [0.15, 0.2) is 54.6 Å². The molecule has 0 spiro atoms. The highest BCUT2D eigenvalue weighted by molar-refractivity contribution is 5.91. The van der Waals surface area contributed by atoms with Gasteiger partial charge in [-0.05, 0) is 48.4 Å². The molecule has 0 saturated carbocycles. The largest absolute Gasteiger partial charge is 0.494 e. The van der Waals surface area contributed by atoms with E-state index in [-0.39, 0.29) is 31.2 Å². The first-order chi connectivity index (χ1) is 20.0. The summed E-state index contributed by atoms with van der Waals surface area (Å²) >= 11 is 0. The first-order valence-corrected chi connectivity index (χ1v) is 14.4. The Bertz CT molecular complexity index is 1190. The van der Waals surface area contributed by atoms with E-state index in [0.29, 0.717) is 31.7 Å². The van der Waals surface area contributed by atoms with Gasteiger partial charge in [-0.2, -0.15) is 0 Å². The van der Waals surface area contributed by atoms with Gasteiger partial charge in [0.05, 0.1) is 31.2 Å². The second kappa shape index (κ2) is 15.9. The molecule has 2 aliphatic rings. The van der Waals surface area contributed by atoms with E-state index in [0.717, 1.165) is 11.1 Å². The van der Waals surface area contributed by atoms with E-state index in [9.17, 15) is 24.3 Å². The SMILES string of the molecule is CC(C)CN(CC(O)[C@@H]1Cc2ccc(cc2)OCCCC(=O)N[C@@H](CC(N)=O)C(=O)N1)C(=O)[C@@H](N)Cc1ccccc1. The lowest BCUT2D eigenvalue weighted by molar-refractivity contribution is -0.135. The van der Waals surface area contributed by atoms with Gasteiger partial charge in [0.15, 0.2) is 0 Å². The Kier molecular flexibility index (Phi) is 12.3. The minimum atomic E-state index is -1.22. The van der Waals surface area contributed by atoms with Crippen LogP contribution in [0.3, 0.4) is 0 Å². The fourth-order valence-corrected chi connectivity index (χ4v) is 4.88. The van der Waals surface area contributed by atoms with E-state index in [1.54, 1.807) is 12.1 Å². The van der Waals surface area contributed by atoms with Crippen molar-refractivity contribution < 1.29 is 29.0 Å². The molecular formula is C31H43N5O6. The molecule has 1 unspecified atom stereocenters. The smallest absolute Gasteiger partial charge is 0.243 e. The molecule has 2 bridgehead atoms. The summed E-state index contributed by atoms with van der Waals surface area (Å²) in [5, 5.41) is 16.8. The molecule has 0 fully saturated rings. The lowest BCUT2D eigenvalue weighted by atomic mass is 9.98. The van der Waals surface area contributed by atoms with Gasteiger partial charge in [0, 0.05) is 19.5 Å².